The van der Waals surface area contributed by atoms with E-state index < -0.39 is 6.09 Å². The Hall–Kier alpha value is -3.81. The van der Waals surface area contributed by atoms with E-state index in [2.05, 4.69) is 10.5 Å². The van der Waals surface area contributed by atoms with Gasteiger partial charge in [-0.15, -0.1) is 0 Å². The molecule has 2 heterocycles. The summed E-state index contributed by atoms with van der Waals surface area (Å²) >= 11 is 0. The third kappa shape index (κ3) is 4.04. The van der Waals surface area contributed by atoms with Gasteiger partial charge >= 0.3 is 6.09 Å². The SMILES string of the molecule is COc1cccc(-c2noc3c2CCCc2cc(N4C[C@H](CNC(C)=O)OC4=O)ccc2-3)c1. The summed E-state index contributed by atoms with van der Waals surface area (Å²) < 4.78 is 16.6. The van der Waals surface area contributed by atoms with Crippen LogP contribution in [0, 0.1) is 0 Å². The van der Waals surface area contributed by atoms with E-state index in [1.54, 1.807) is 12.0 Å². The van der Waals surface area contributed by atoms with Gasteiger partial charge in [-0.25, -0.2) is 4.79 Å². The molecule has 1 aliphatic heterocycles. The molecule has 0 unspecified atom stereocenters. The van der Waals surface area contributed by atoms with Gasteiger partial charge in [-0.1, -0.05) is 17.3 Å². The van der Waals surface area contributed by atoms with Crippen LogP contribution in [-0.4, -0.2) is 43.5 Å². The molecule has 1 saturated heterocycles. The molecule has 8 heteroatoms. The molecule has 1 atom stereocenters. The van der Waals surface area contributed by atoms with E-state index in [4.69, 9.17) is 14.0 Å². The Labute approximate surface area is 191 Å². The van der Waals surface area contributed by atoms with Crippen LogP contribution in [0.25, 0.3) is 22.6 Å². The lowest BCUT2D eigenvalue weighted by Crippen LogP contribution is -2.33. The summed E-state index contributed by atoms with van der Waals surface area (Å²) in [7, 11) is 1.65. The molecule has 1 aromatic heterocycles. The zero-order valence-electron chi connectivity index (χ0n) is 18.6. The van der Waals surface area contributed by atoms with E-state index in [9.17, 15) is 9.59 Å². The first kappa shape index (κ1) is 21.1. The van der Waals surface area contributed by atoms with Crippen LogP contribution in [0.4, 0.5) is 10.5 Å². The second-order valence-electron chi connectivity index (χ2n) is 8.32. The molecule has 1 fully saturated rings. The van der Waals surface area contributed by atoms with E-state index in [0.29, 0.717) is 13.1 Å². The Morgan fingerprint density at radius 3 is 2.94 bits per heavy atom. The molecule has 2 aromatic carbocycles. The van der Waals surface area contributed by atoms with Crippen LogP contribution in [0.1, 0.15) is 24.5 Å². The Kier molecular flexibility index (Phi) is 5.50. The predicted octanol–water partition coefficient (Wildman–Crippen LogP) is 3.97. The monoisotopic (exact) mass is 447 g/mol. The highest BCUT2D eigenvalue weighted by molar-refractivity contribution is 5.90. The minimum absolute atomic E-state index is 0.147. The summed E-state index contributed by atoms with van der Waals surface area (Å²) in [5.41, 5.74) is 5.77. The van der Waals surface area contributed by atoms with Crippen LogP contribution >= 0.6 is 0 Å². The molecule has 2 aliphatic rings. The Morgan fingerprint density at radius 2 is 2.12 bits per heavy atom. The summed E-state index contributed by atoms with van der Waals surface area (Å²) in [5.74, 6) is 1.40. The van der Waals surface area contributed by atoms with Gasteiger partial charge in [0, 0.05) is 29.3 Å². The third-order valence-electron chi connectivity index (χ3n) is 6.10. The molecule has 3 aromatic rings. The van der Waals surface area contributed by atoms with Crippen LogP contribution in [0.2, 0.25) is 0 Å². The van der Waals surface area contributed by atoms with E-state index in [1.165, 1.54) is 6.92 Å². The molecule has 0 spiro atoms. The number of aromatic nitrogens is 1. The number of amides is 2. The number of methoxy groups -OCH3 is 1. The number of cyclic esters (lactones) is 1. The fourth-order valence-corrected chi connectivity index (χ4v) is 4.48. The van der Waals surface area contributed by atoms with Crippen molar-refractivity contribution in [2.75, 3.05) is 25.1 Å². The third-order valence-corrected chi connectivity index (χ3v) is 6.10. The molecular weight excluding hydrogens is 422 g/mol. The van der Waals surface area contributed by atoms with Gasteiger partial charge in [0.1, 0.15) is 17.5 Å². The fraction of sp³-hybridized carbons (Fsp3) is 0.320. The lowest BCUT2D eigenvalue weighted by molar-refractivity contribution is -0.119. The predicted molar refractivity (Wildman–Crippen MR) is 122 cm³/mol. The standard InChI is InChI=1S/C25H25N3O5/c1-15(29)26-13-20-14-28(25(30)32-20)18-9-10-21-16(11-18)5-4-8-22-23(27-33-24(21)22)17-6-3-7-19(12-17)31-2/h3,6-7,9-12,20H,4-5,8,13-14H2,1-2H3,(H,26,29)/t20-/m0/s1. The molecule has 5 rings (SSSR count). The van der Waals surface area contributed by atoms with Gasteiger partial charge in [0.2, 0.25) is 5.91 Å². The first-order chi connectivity index (χ1) is 16.0. The molecule has 0 radical (unpaired) electrons. The molecule has 0 saturated carbocycles. The van der Waals surface area contributed by atoms with E-state index >= 15 is 0 Å². The largest absolute Gasteiger partial charge is 0.497 e. The lowest BCUT2D eigenvalue weighted by atomic mass is 9.99. The van der Waals surface area contributed by atoms with Gasteiger partial charge in [0.15, 0.2) is 5.76 Å². The molecule has 1 aliphatic carbocycles. The number of hydrogen-bond donors (Lipinski definition) is 1. The van der Waals surface area contributed by atoms with Crippen molar-refractivity contribution in [3.05, 3.63) is 53.6 Å². The summed E-state index contributed by atoms with van der Waals surface area (Å²) in [4.78, 5) is 25.2. The number of anilines is 1. The zero-order chi connectivity index (χ0) is 22.9. The Balaban J connectivity index is 1.44. The van der Waals surface area contributed by atoms with Gasteiger partial charge in [-0.2, -0.15) is 0 Å². The smallest absolute Gasteiger partial charge is 0.414 e. The molecule has 8 nitrogen and oxygen atoms in total. The number of rotatable bonds is 5. The number of nitrogens with zero attached hydrogens (tertiary/aromatic N) is 2. The number of fused-ring (bicyclic) bond motifs is 3. The van der Waals surface area contributed by atoms with Crippen LogP contribution in [0.3, 0.4) is 0 Å². The minimum Gasteiger partial charge on any atom is -0.497 e. The van der Waals surface area contributed by atoms with Crippen LogP contribution < -0.4 is 15.0 Å². The van der Waals surface area contributed by atoms with Gasteiger partial charge in [0.05, 0.1) is 20.2 Å². The van der Waals surface area contributed by atoms with Crippen molar-refractivity contribution in [3.63, 3.8) is 0 Å². The maximum absolute atomic E-state index is 12.4. The number of aryl methyl sites for hydroxylation is 1. The normalized spacial score (nSPS) is 17.1. The lowest BCUT2D eigenvalue weighted by Gasteiger charge is -2.15. The summed E-state index contributed by atoms with van der Waals surface area (Å²) in [5, 5.41) is 7.09. The number of benzene rings is 2. The molecule has 2 amide bonds. The second-order valence-corrected chi connectivity index (χ2v) is 8.32. The number of carbonyl (C=O) groups is 2. The topological polar surface area (TPSA) is 93.9 Å². The van der Waals surface area contributed by atoms with E-state index in [-0.39, 0.29) is 12.0 Å². The van der Waals surface area contributed by atoms with Gasteiger partial charge in [0.25, 0.3) is 0 Å². The van der Waals surface area contributed by atoms with Crippen molar-refractivity contribution in [2.45, 2.75) is 32.3 Å². The van der Waals surface area contributed by atoms with Crippen molar-refractivity contribution in [3.8, 4) is 28.3 Å². The van der Waals surface area contributed by atoms with Gasteiger partial charge < -0.3 is 19.3 Å². The highest BCUT2D eigenvalue weighted by atomic mass is 16.6. The molecule has 170 valence electrons. The Morgan fingerprint density at radius 1 is 1.24 bits per heavy atom. The number of hydrogen-bond acceptors (Lipinski definition) is 6. The summed E-state index contributed by atoms with van der Waals surface area (Å²) in [6.07, 6.45) is 1.88. The minimum atomic E-state index is -0.403. The van der Waals surface area contributed by atoms with Crippen molar-refractivity contribution < 1.29 is 23.6 Å². The zero-order valence-corrected chi connectivity index (χ0v) is 18.6. The average molecular weight is 447 g/mol. The average Bonchev–Trinajstić information content (AvgIpc) is 3.36. The maximum Gasteiger partial charge on any atom is 0.414 e. The fourth-order valence-electron chi connectivity index (χ4n) is 4.48. The van der Waals surface area contributed by atoms with Crippen LogP contribution in [0.15, 0.2) is 47.0 Å². The van der Waals surface area contributed by atoms with Gasteiger partial charge in [-0.05, 0) is 55.2 Å². The van der Waals surface area contributed by atoms with Crippen molar-refractivity contribution in [2.24, 2.45) is 0 Å². The van der Waals surface area contributed by atoms with Crippen LogP contribution in [-0.2, 0) is 22.4 Å². The quantitative estimate of drug-likeness (QED) is 0.636. The summed E-state index contributed by atoms with van der Waals surface area (Å²) in [6, 6.07) is 13.7. The Bertz CT molecular complexity index is 1220. The number of ether oxygens (including phenoxy) is 2. The van der Waals surface area contributed by atoms with Crippen molar-refractivity contribution in [1.29, 1.82) is 0 Å². The van der Waals surface area contributed by atoms with E-state index in [0.717, 1.165) is 64.4 Å². The molecule has 33 heavy (non-hydrogen) atoms. The summed E-state index contributed by atoms with van der Waals surface area (Å²) in [6.45, 7) is 2.14. The first-order valence-corrected chi connectivity index (χ1v) is 11.0. The van der Waals surface area contributed by atoms with Gasteiger partial charge in [-0.3, -0.25) is 9.69 Å². The van der Waals surface area contributed by atoms with Crippen LogP contribution in [0.5, 0.6) is 5.75 Å². The first-order valence-electron chi connectivity index (χ1n) is 11.0. The van der Waals surface area contributed by atoms with Crippen molar-refractivity contribution >= 4 is 17.7 Å². The second kappa shape index (κ2) is 8.61. The van der Waals surface area contributed by atoms with E-state index in [1.807, 2.05) is 42.5 Å². The highest BCUT2D eigenvalue weighted by Crippen LogP contribution is 2.40. The maximum atomic E-state index is 12.4. The molecule has 0 bridgehead atoms. The van der Waals surface area contributed by atoms with Crippen molar-refractivity contribution in [1.82, 2.24) is 10.5 Å². The molecular formula is C25H25N3O5. The molecule has 1 N–H and O–H groups in total. The number of nitrogens with one attached hydrogen (secondary N) is 1. The highest BCUT2D eigenvalue weighted by Gasteiger charge is 2.33. The number of carbonyl (C=O) groups excluding carboxylic acids is 2.